The zero-order valence-corrected chi connectivity index (χ0v) is 15.0. The van der Waals surface area contributed by atoms with Crippen LogP contribution in [0.2, 0.25) is 0 Å². The van der Waals surface area contributed by atoms with Crippen LogP contribution in [0.5, 0.6) is 0 Å². The summed E-state index contributed by atoms with van der Waals surface area (Å²) in [6.45, 7) is 9.96. The van der Waals surface area contributed by atoms with Gasteiger partial charge >= 0.3 is 5.97 Å². The minimum absolute atomic E-state index is 0.0412. The molecule has 24 heavy (non-hydrogen) atoms. The molecule has 0 bridgehead atoms. The second kappa shape index (κ2) is 5.39. The number of hydrogen-bond donors (Lipinski definition) is 0. The third-order valence-corrected chi connectivity index (χ3v) is 5.43. The van der Waals surface area contributed by atoms with E-state index in [4.69, 9.17) is 9.57 Å². The van der Waals surface area contributed by atoms with Crippen LogP contribution in [0.4, 0.5) is 0 Å². The number of hydrogen-bond acceptors (Lipinski definition) is 5. The first kappa shape index (κ1) is 17.1. The minimum Gasteiger partial charge on any atom is -0.464 e. The molecule has 0 unspecified atom stereocenters. The quantitative estimate of drug-likeness (QED) is 0.613. The van der Waals surface area contributed by atoms with E-state index in [0.717, 1.165) is 0 Å². The Hall–Kier alpha value is -1.72. The third kappa shape index (κ3) is 1.94. The van der Waals surface area contributed by atoms with Crippen LogP contribution in [0.15, 0.2) is 30.3 Å². The van der Waals surface area contributed by atoms with Gasteiger partial charge in [0, 0.05) is 18.0 Å². The number of hydroxylamine groups is 2. The summed E-state index contributed by atoms with van der Waals surface area (Å²) in [5, 5.41) is 1.79. The molecule has 1 aromatic rings. The molecule has 130 valence electrons. The number of carbonyl (C=O) groups excluding carboxylic acids is 2. The first-order chi connectivity index (χ1) is 11.2. The maximum atomic E-state index is 13.4. The van der Waals surface area contributed by atoms with Gasteiger partial charge in [0.1, 0.15) is 0 Å². The average Bonchev–Trinajstić information content (AvgIpc) is 3.19. The molecule has 2 atom stereocenters. The fourth-order valence-corrected chi connectivity index (χ4v) is 4.28. The lowest BCUT2D eigenvalue weighted by molar-refractivity contribution is -0.236. The molecule has 2 fully saturated rings. The normalized spacial score (nSPS) is 30.9. The molecular formula is C19H25NO4. The fraction of sp³-hybridized carbons (Fsp3) is 0.579. The molecule has 1 aliphatic heterocycles. The minimum atomic E-state index is -1.20. The summed E-state index contributed by atoms with van der Waals surface area (Å²) in [7, 11) is 0. The van der Waals surface area contributed by atoms with Crippen molar-refractivity contribution in [1.82, 2.24) is 5.06 Å². The van der Waals surface area contributed by atoms with E-state index in [1.807, 2.05) is 45.9 Å². The molecule has 0 radical (unpaired) electrons. The van der Waals surface area contributed by atoms with Crippen LogP contribution in [0.25, 0.3) is 0 Å². The number of Topliss-reactive ketones (excluding diaryl/α,β-unsaturated/α-hetero) is 1. The van der Waals surface area contributed by atoms with Crippen LogP contribution >= 0.6 is 0 Å². The van der Waals surface area contributed by atoms with Gasteiger partial charge in [0.2, 0.25) is 5.60 Å². The Bertz CT molecular complexity index is 669. The second-order valence-corrected chi connectivity index (χ2v) is 7.39. The molecular weight excluding hydrogens is 306 g/mol. The van der Waals surface area contributed by atoms with Gasteiger partial charge in [0.15, 0.2) is 5.78 Å². The van der Waals surface area contributed by atoms with Crippen molar-refractivity contribution in [3.63, 3.8) is 0 Å². The molecule has 2 aliphatic rings. The Labute approximate surface area is 142 Å². The summed E-state index contributed by atoms with van der Waals surface area (Å²) in [4.78, 5) is 32.2. The van der Waals surface area contributed by atoms with Gasteiger partial charge in [-0.05, 0) is 34.6 Å². The predicted octanol–water partition coefficient (Wildman–Crippen LogP) is 3.00. The van der Waals surface area contributed by atoms with Crippen LogP contribution in [0, 0.1) is 5.41 Å². The van der Waals surface area contributed by atoms with Gasteiger partial charge in [0.25, 0.3) is 0 Å². The van der Waals surface area contributed by atoms with Crippen LogP contribution < -0.4 is 0 Å². The monoisotopic (exact) mass is 331 g/mol. The topological polar surface area (TPSA) is 55.8 Å². The Morgan fingerprint density at radius 1 is 1.25 bits per heavy atom. The summed E-state index contributed by atoms with van der Waals surface area (Å²) in [5.41, 5.74) is -2.13. The lowest BCUT2D eigenvalue weighted by Gasteiger charge is -2.38. The van der Waals surface area contributed by atoms with Crippen molar-refractivity contribution in [2.75, 3.05) is 6.61 Å². The summed E-state index contributed by atoms with van der Waals surface area (Å²) in [6.07, 6.45) is 0.364. The first-order valence-corrected chi connectivity index (χ1v) is 8.50. The lowest BCUT2D eigenvalue weighted by Crippen LogP contribution is -2.51. The highest BCUT2D eigenvalue weighted by molar-refractivity contribution is 6.10. The first-order valence-electron chi connectivity index (χ1n) is 8.50. The van der Waals surface area contributed by atoms with Gasteiger partial charge in [-0.2, -0.15) is 5.06 Å². The van der Waals surface area contributed by atoms with Crippen LogP contribution in [-0.2, 0) is 14.4 Å². The van der Waals surface area contributed by atoms with Crippen molar-refractivity contribution in [1.29, 1.82) is 0 Å². The zero-order chi connectivity index (χ0) is 17.8. The van der Waals surface area contributed by atoms with Crippen molar-refractivity contribution in [3.05, 3.63) is 35.9 Å². The molecule has 1 heterocycles. The van der Waals surface area contributed by atoms with E-state index < -0.39 is 22.5 Å². The van der Waals surface area contributed by atoms with Crippen molar-refractivity contribution in [2.24, 2.45) is 5.41 Å². The summed E-state index contributed by atoms with van der Waals surface area (Å²) >= 11 is 0. The third-order valence-electron chi connectivity index (χ3n) is 5.43. The van der Waals surface area contributed by atoms with Gasteiger partial charge in [-0.1, -0.05) is 30.3 Å². The van der Waals surface area contributed by atoms with Gasteiger partial charge in [-0.25, -0.2) is 4.79 Å². The van der Waals surface area contributed by atoms with E-state index in [1.165, 1.54) is 0 Å². The highest BCUT2D eigenvalue weighted by Crippen LogP contribution is 2.73. The summed E-state index contributed by atoms with van der Waals surface area (Å²) < 4.78 is 5.26. The molecule has 1 aliphatic carbocycles. The molecule has 5 nitrogen and oxygen atoms in total. The Morgan fingerprint density at radius 2 is 1.88 bits per heavy atom. The second-order valence-electron chi connectivity index (χ2n) is 7.39. The number of ether oxygens (including phenoxy) is 1. The van der Waals surface area contributed by atoms with E-state index >= 15 is 0 Å². The number of benzene rings is 1. The van der Waals surface area contributed by atoms with Gasteiger partial charge in [-0.3, -0.25) is 9.63 Å². The molecule has 0 spiro atoms. The van der Waals surface area contributed by atoms with Crippen molar-refractivity contribution in [2.45, 2.75) is 58.2 Å². The van der Waals surface area contributed by atoms with Gasteiger partial charge in [-0.15, -0.1) is 0 Å². The number of esters is 1. The molecule has 1 aromatic carbocycles. The van der Waals surface area contributed by atoms with E-state index in [2.05, 4.69) is 0 Å². The summed E-state index contributed by atoms with van der Waals surface area (Å²) in [6, 6.07) is 9.16. The molecule has 0 aromatic heterocycles. The average molecular weight is 331 g/mol. The van der Waals surface area contributed by atoms with Crippen LogP contribution in [0.3, 0.4) is 0 Å². The van der Waals surface area contributed by atoms with Crippen LogP contribution in [0.1, 0.15) is 51.4 Å². The molecule has 0 N–H and O–H groups in total. The Balaban J connectivity index is 2.09. The number of ketones is 1. The van der Waals surface area contributed by atoms with E-state index in [9.17, 15) is 9.59 Å². The predicted molar refractivity (Wildman–Crippen MR) is 89.3 cm³/mol. The molecule has 5 heteroatoms. The maximum absolute atomic E-state index is 13.4. The van der Waals surface area contributed by atoms with Crippen molar-refractivity contribution < 1.29 is 19.2 Å². The smallest absolute Gasteiger partial charge is 0.341 e. The Kier molecular flexibility index (Phi) is 3.85. The van der Waals surface area contributed by atoms with E-state index in [1.54, 1.807) is 24.1 Å². The highest BCUT2D eigenvalue weighted by Gasteiger charge is 2.89. The standard InChI is InChI=1S/C19H25NO4/c1-6-23-16(22)19-12-18(19,15(21)14-10-8-7-9-11-14)17(4,5)20(24-19)13(2)3/h7-11,13H,6,12H2,1-5H3/t18-,19-/m0/s1. The molecule has 0 amide bonds. The number of rotatable bonds is 5. The maximum Gasteiger partial charge on any atom is 0.341 e. The van der Waals surface area contributed by atoms with Gasteiger partial charge in [0.05, 0.1) is 17.6 Å². The molecule has 3 rings (SSSR count). The number of fused-ring (bicyclic) bond motifs is 1. The van der Waals surface area contributed by atoms with Gasteiger partial charge < -0.3 is 4.74 Å². The molecule has 1 saturated heterocycles. The number of nitrogens with zero attached hydrogens (tertiary/aromatic N) is 1. The van der Waals surface area contributed by atoms with E-state index in [-0.39, 0.29) is 18.4 Å². The largest absolute Gasteiger partial charge is 0.464 e. The molecule has 1 saturated carbocycles. The van der Waals surface area contributed by atoms with Crippen molar-refractivity contribution in [3.8, 4) is 0 Å². The zero-order valence-electron chi connectivity index (χ0n) is 15.0. The van der Waals surface area contributed by atoms with Crippen LogP contribution in [-0.4, -0.2) is 40.6 Å². The van der Waals surface area contributed by atoms with E-state index in [0.29, 0.717) is 12.0 Å². The fourth-order valence-electron chi connectivity index (χ4n) is 4.28. The van der Waals surface area contributed by atoms with Crippen molar-refractivity contribution >= 4 is 11.8 Å². The number of carbonyl (C=O) groups is 2. The highest BCUT2D eigenvalue weighted by atomic mass is 16.7. The SMILES string of the molecule is CCOC(=O)[C@@]12C[C@]1(C(=O)c1ccccc1)C(C)(C)N(C(C)C)O2. The Morgan fingerprint density at radius 3 is 2.42 bits per heavy atom. The lowest BCUT2D eigenvalue weighted by atomic mass is 9.75. The summed E-state index contributed by atoms with van der Waals surface area (Å²) in [5.74, 6) is -0.491.